The molecule has 2 heterocycles. The first-order chi connectivity index (χ1) is 11.3. The van der Waals surface area contributed by atoms with Crippen molar-refractivity contribution in [3.8, 4) is 0 Å². The van der Waals surface area contributed by atoms with E-state index in [0.717, 1.165) is 35.6 Å². The average Bonchev–Trinajstić information content (AvgIpc) is 3.15. The van der Waals surface area contributed by atoms with Gasteiger partial charge in [0, 0.05) is 28.3 Å². The molecule has 2 aliphatic rings. The van der Waals surface area contributed by atoms with Crippen molar-refractivity contribution in [1.29, 1.82) is 0 Å². The lowest BCUT2D eigenvalue weighted by Gasteiger charge is -2.38. The molecule has 0 saturated heterocycles. The van der Waals surface area contributed by atoms with Gasteiger partial charge >= 0.3 is 0 Å². The number of halogens is 1. The van der Waals surface area contributed by atoms with E-state index in [0.29, 0.717) is 11.6 Å². The van der Waals surface area contributed by atoms with Crippen LogP contribution in [-0.4, -0.2) is 30.4 Å². The summed E-state index contributed by atoms with van der Waals surface area (Å²) in [6.07, 6.45) is 1.78. The van der Waals surface area contributed by atoms with Crippen LogP contribution in [0.3, 0.4) is 0 Å². The van der Waals surface area contributed by atoms with Crippen molar-refractivity contribution in [3.63, 3.8) is 0 Å². The quantitative estimate of drug-likeness (QED) is 0.799. The number of nitrogens with zero attached hydrogens (tertiary/aromatic N) is 2. The summed E-state index contributed by atoms with van der Waals surface area (Å²) in [6.45, 7) is 5.89. The van der Waals surface area contributed by atoms with Gasteiger partial charge in [-0.15, -0.1) is 6.58 Å². The number of aliphatic imine (C=N–C) groups is 1. The van der Waals surface area contributed by atoms with Crippen LogP contribution in [0.1, 0.15) is 16.7 Å². The number of fused-ring (bicyclic) bond motifs is 3. The summed E-state index contributed by atoms with van der Waals surface area (Å²) in [5.41, 5.74) is 2.67. The largest absolute Gasteiger partial charge is 0.343 e. The Morgan fingerprint density at radius 3 is 2.78 bits per heavy atom. The van der Waals surface area contributed by atoms with Crippen LogP contribution in [0.15, 0.2) is 66.2 Å². The number of ether oxygens (including phenoxy) is 1. The molecule has 1 atom stereocenters. The molecule has 2 aliphatic heterocycles. The van der Waals surface area contributed by atoms with Crippen LogP contribution in [0.4, 0.5) is 0 Å². The molecule has 0 aliphatic carbocycles. The summed E-state index contributed by atoms with van der Waals surface area (Å²) in [5.74, 6) is 1.01. The molecule has 0 bridgehead atoms. The molecular weight excluding hydrogens is 308 g/mol. The molecule has 116 valence electrons. The first-order valence-electron chi connectivity index (χ1n) is 7.70. The minimum Gasteiger partial charge on any atom is -0.343 e. The Morgan fingerprint density at radius 1 is 1.22 bits per heavy atom. The van der Waals surface area contributed by atoms with Gasteiger partial charge in [-0.1, -0.05) is 54.1 Å². The summed E-state index contributed by atoms with van der Waals surface area (Å²) < 4.78 is 6.39. The van der Waals surface area contributed by atoms with Crippen molar-refractivity contribution in [2.45, 2.75) is 5.72 Å². The van der Waals surface area contributed by atoms with Gasteiger partial charge in [-0.25, -0.2) is 0 Å². The normalized spacial score (nSPS) is 21.8. The van der Waals surface area contributed by atoms with Crippen LogP contribution in [0.5, 0.6) is 0 Å². The van der Waals surface area contributed by atoms with Crippen LogP contribution >= 0.6 is 11.6 Å². The summed E-state index contributed by atoms with van der Waals surface area (Å²) in [5, 5.41) is 0.717. The van der Waals surface area contributed by atoms with Gasteiger partial charge in [0.05, 0.1) is 13.2 Å². The second kappa shape index (κ2) is 5.52. The molecule has 0 spiro atoms. The van der Waals surface area contributed by atoms with Crippen molar-refractivity contribution >= 4 is 17.4 Å². The molecular formula is C19H17ClN2O. The zero-order chi connectivity index (χ0) is 15.9. The first kappa shape index (κ1) is 14.5. The highest BCUT2D eigenvalue weighted by Gasteiger charge is 2.51. The molecule has 0 aromatic heterocycles. The zero-order valence-corrected chi connectivity index (χ0v) is 13.5. The van der Waals surface area contributed by atoms with Crippen LogP contribution in [0, 0.1) is 0 Å². The molecule has 0 amide bonds. The monoisotopic (exact) mass is 324 g/mol. The van der Waals surface area contributed by atoms with E-state index < -0.39 is 5.72 Å². The Labute approximate surface area is 140 Å². The minimum atomic E-state index is -0.662. The predicted molar refractivity (Wildman–Crippen MR) is 92.9 cm³/mol. The van der Waals surface area contributed by atoms with E-state index in [2.05, 4.69) is 23.6 Å². The molecule has 4 heteroatoms. The van der Waals surface area contributed by atoms with E-state index in [1.165, 1.54) is 0 Å². The van der Waals surface area contributed by atoms with Crippen molar-refractivity contribution in [1.82, 2.24) is 4.90 Å². The van der Waals surface area contributed by atoms with E-state index in [-0.39, 0.29) is 0 Å². The van der Waals surface area contributed by atoms with Crippen molar-refractivity contribution in [2.24, 2.45) is 4.99 Å². The number of rotatable bonds is 4. The number of benzene rings is 2. The molecule has 1 unspecified atom stereocenters. The van der Waals surface area contributed by atoms with Gasteiger partial charge in [-0.3, -0.25) is 4.99 Å². The molecule has 0 fully saturated rings. The Kier molecular flexibility index (Phi) is 3.47. The highest BCUT2D eigenvalue weighted by molar-refractivity contribution is 6.30. The lowest BCUT2D eigenvalue weighted by Crippen LogP contribution is -2.46. The van der Waals surface area contributed by atoms with Gasteiger partial charge < -0.3 is 9.64 Å². The Hall–Kier alpha value is -2.10. The number of hydrogen-bond acceptors (Lipinski definition) is 3. The Balaban J connectivity index is 1.96. The molecule has 0 N–H and O–H groups in total. The third kappa shape index (κ3) is 2.04. The fourth-order valence-electron chi connectivity index (χ4n) is 3.51. The fraction of sp³-hybridized carbons (Fsp3) is 0.211. The fourth-order valence-corrected chi connectivity index (χ4v) is 3.63. The predicted octanol–water partition coefficient (Wildman–Crippen LogP) is 3.82. The third-order valence-corrected chi connectivity index (χ3v) is 4.65. The standard InChI is InChI=1S/C19H17ClN2O/c1-2-13-23-19(14-7-9-15(20)10-8-14)17-6-4-3-5-16(17)18-21-11-12-22(18)19/h2-10H,1,11-13H2. The van der Waals surface area contributed by atoms with Crippen LogP contribution in [-0.2, 0) is 10.5 Å². The molecule has 0 saturated carbocycles. The van der Waals surface area contributed by atoms with Gasteiger partial charge in [0.15, 0.2) is 5.72 Å². The highest BCUT2D eigenvalue weighted by atomic mass is 35.5. The lowest BCUT2D eigenvalue weighted by atomic mass is 9.93. The molecule has 4 rings (SSSR count). The molecule has 3 nitrogen and oxygen atoms in total. The smallest absolute Gasteiger partial charge is 0.196 e. The van der Waals surface area contributed by atoms with Gasteiger partial charge in [0.2, 0.25) is 0 Å². The first-order valence-corrected chi connectivity index (χ1v) is 8.08. The second-order valence-electron chi connectivity index (χ2n) is 5.65. The van der Waals surface area contributed by atoms with E-state index in [4.69, 9.17) is 21.3 Å². The van der Waals surface area contributed by atoms with E-state index in [1.807, 2.05) is 36.4 Å². The summed E-state index contributed by atoms with van der Waals surface area (Å²) in [7, 11) is 0. The summed E-state index contributed by atoms with van der Waals surface area (Å²) in [6, 6.07) is 16.2. The maximum Gasteiger partial charge on any atom is 0.196 e. The van der Waals surface area contributed by atoms with Gasteiger partial charge in [0.25, 0.3) is 0 Å². The summed E-state index contributed by atoms with van der Waals surface area (Å²) in [4.78, 5) is 6.95. The Morgan fingerprint density at radius 2 is 2.00 bits per heavy atom. The van der Waals surface area contributed by atoms with Gasteiger partial charge in [-0.2, -0.15) is 0 Å². The second-order valence-corrected chi connectivity index (χ2v) is 6.09. The topological polar surface area (TPSA) is 24.8 Å². The minimum absolute atomic E-state index is 0.459. The maximum absolute atomic E-state index is 6.39. The van der Waals surface area contributed by atoms with Crippen molar-refractivity contribution < 1.29 is 4.74 Å². The van der Waals surface area contributed by atoms with E-state index in [9.17, 15) is 0 Å². The molecule has 23 heavy (non-hydrogen) atoms. The molecule has 0 radical (unpaired) electrons. The lowest BCUT2D eigenvalue weighted by molar-refractivity contribution is -0.0818. The molecule has 2 aromatic carbocycles. The number of hydrogen-bond donors (Lipinski definition) is 0. The van der Waals surface area contributed by atoms with Crippen molar-refractivity contribution in [3.05, 3.63) is 82.9 Å². The average molecular weight is 325 g/mol. The van der Waals surface area contributed by atoms with E-state index in [1.54, 1.807) is 6.08 Å². The summed E-state index contributed by atoms with van der Waals surface area (Å²) >= 11 is 6.09. The molecule has 2 aromatic rings. The highest BCUT2D eigenvalue weighted by Crippen LogP contribution is 2.46. The number of amidine groups is 1. The van der Waals surface area contributed by atoms with Crippen LogP contribution in [0.2, 0.25) is 5.02 Å². The van der Waals surface area contributed by atoms with Gasteiger partial charge in [0.1, 0.15) is 5.84 Å². The van der Waals surface area contributed by atoms with Crippen LogP contribution in [0.25, 0.3) is 0 Å². The third-order valence-electron chi connectivity index (χ3n) is 4.40. The SMILES string of the molecule is C=CCOC1(c2ccc(Cl)cc2)c2ccccc2C2=NCCN21. The zero-order valence-electron chi connectivity index (χ0n) is 12.7. The van der Waals surface area contributed by atoms with E-state index >= 15 is 0 Å². The van der Waals surface area contributed by atoms with Gasteiger partial charge in [-0.05, 0) is 12.1 Å². The Bertz CT molecular complexity index is 784. The van der Waals surface area contributed by atoms with Crippen molar-refractivity contribution in [2.75, 3.05) is 19.7 Å². The van der Waals surface area contributed by atoms with Crippen LogP contribution < -0.4 is 0 Å². The maximum atomic E-state index is 6.39.